The van der Waals surface area contributed by atoms with Crippen molar-refractivity contribution in [1.29, 1.82) is 0 Å². The van der Waals surface area contributed by atoms with Crippen molar-refractivity contribution in [3.63, 3.8) is 0 Å². The summed E-state index contributed by atoms with van der Waals surface area (Å²) in [5, 5.41) is 3.40. The minimum atomic E-state index is -0.314. The molecule has 0 unspecified atom stereocenters. The number of nitrogens with zero attached hydrogens (tertiary/aromatic N) is 1. The molecule has 2 aromatic rings. The number of imide groups is 1. The third kappa shape index (κ3) is 4.19. The van der Waals surface area contributed by atoms with Crippen molar-refractivity contribution in [2.24, 2.45) is 0 Å². The molecule has 25 heavy (non-hydrogen) atoms. The minimum Gasteiger partial charge on any atom is -0.367 e. The normalized spacial score (nSPS) is 16.0. The Morgan fingerprint density at radius 2 is 2.00 bits per heavy atom. The molecule has 0 bridgehead atoms. The molecule has 1 aliphatic heterocycles. The van der Waals surface area contributed by atoms with Crippen LogP contribution in [0.15, 0.2) is 47.4 Å². The number of carbonyl (C=O) groups is 2. The Morgan fingerprint density at radius 3 is 2.72 bits per heavy atom. The number of halogens is 2. The van der Waals surface area contributed by atoms with Crippen LogP contribution in [0.3, 0.4) is 0 Å². The van der Waals surface area contributed by atoms with Crippen LogP contribution in [0.4, 0.5) is 10.5 Å². The second kappa shape index (κ2) is 7.80. The molecule has 0 atom stereocenters. The van der Waals surface area contributed by atoms with E-state index in [9.17, 15) is 9.59 Å². The number of amides is 2. The van der Waals surface area contributed by atoms with Crippen LogP contribution in [0, 0.1) is 10.5 Å². The maximum atomic E-state index is 12.5. The predicted octanol–water partition coefficient (Wildman–Crippen LogP) is 5.36. The van der Waals surface area contributed by atoms with Crippen molar-refractivity contribution < 1.29 is 9.59 Å². The van der Waals surface area contributed by atoms with Crippen LogP contribution in [-0.2, 0) is 4.79 Å². The van der Waals surface area contributed by atoms with Gasteiger partial charge in [-0.3, -0.25) is 14.5 Å². The van der Waals surface area contributed by atoms with Gasteiger partial charge in [-0.05, 0) is 82.7 Å². The Bertz CT molecular complexity index is 885. The number of nitrogens with one attached hydrogen (secondary N) is 1. The Balaban J connectivity index is 1.74. The third-order valence-corrected chi connectivity index (χ3v) is 5.60. The topological polar surface area (TPSA) is 49.4 Å². The zero-order chi connectivity index (χ0) is 18.0. The quantitative estimate of drug-likeness (QED) is 0.469. The van der Waals surface area contributed by atoms with Gasteiger partial charge in [0.25, 0.3) is 11.1 Å². The Morgan fingerprint density at radius 1 is 1.24 bits per heavy atom. The lowest BCUT2D eigenvalue weighted by atomic mass is 10.2. The highest BCUT2D eigenvalue weighted by molar-refractivity contribution is 14.1. The molecular weight excluding hydrogens is 471 g/mol. The van der Waals surface area contributed by atoms with Gasteiger partial charge in [0.15, 0.2) is 0 Å². The fourth-order valence-corrected chi connectivity index (χ4v) is 4.03. The first-order chi connectivity index (χ1) is 12.0. The summed E-state index contributed by atoms with van der Waals surface area (Å²) in [4.78, 5) is 26.3. The van der Waals surface area contributed by atoms with Gasteiger partial charge in [0.05, 0.1) is 11.6 Å². The van der Waals surface area contributed by atoms with Crippen molar-refractivity contribution in [3.05, 3.63) is 67.1 Å². The molecule has 7 heteroatoms. The summed E-state index contributed by atoms with van der Waals surface area (Å²) in [6.45, 7) is 2.11. The molecule has 1 N–H and O–H groups in total. The standard InChI is InChI=1S/C18H14ClIN2O2S/c1-11-8-13(20)6-7-15(11)21-10-22-17(23)16(25-18(22)24)9-12-4-2-3-5-14(12)19/h2-9,21H,10H2,1H3/b16-9+. The summed E-state index contributed by atoms with van der Waals surface area (Å²) in [7, 11) is 0. The summed E-state index contributed by atoms with van der Waals surface area (Å²) >= 11 is 9.29. The third-order valence-electron chi connectivity index (χ3n) is 3.68. The van der Waals surface area contributed by atoms with E-state index in [1.54, 1.807) is 12.1 Å². The van der Waals surface area contributed by atoms with Gasteiger partial charge in [-0.2, -0.15) is 0 Å². The molecule has 0 aromatic heterocycles. The molecule has 2 aromatic carbocycles. The second-order valence-electron chi connectivity index (χ2n) is 5.43. The molecular formula is C18H14ClIN2O2S. The molecule has 3 rings (SSSR count). The van der Waals surface area contributed by atoms with E-state index in [2.05, 4.69) is 27.9 Å². The van der Waals surface area contributed by atoms with Crippen LogP contribution in [0.5, 0.6) is 0 Å². The molecule has 1 heterocycles. The number of hydrogen-bond donors (Lipinski definition) is 1. The van der Waals surface area contributed by atoms with E-state index in [1.807, 2.05) is 43.3 Å². The zero-order valence-corrected chi connectivity index (χ0v) is 17.0. The summed E-state index contributed by atoms with van der Waals surface area (Å²) in [6.07, 6.45) is 1.66. The van der Waals surface area contributed by atoms with E-state index in [-0.39, 0.29) is 17.8 Å². The van der Waals surface area contributed by atoms with Crippen molar-refractivity contribution in [1.82, 2.24) is 4.90 Å². The molecule has 0 radical (unpaired) electrons. The van der Waals surface area contributed by atoms with Crippen molar-refractivity contribution in [2.75, 3.05) is 12.0 Å². The first-order valence-electron chi connectivity index (χ1n) is 7.45. The van der Waals surface area contributed by atoms with Crippen LogP contribution in [0.2, 0.25) is 5.02 Å². The lowest BCUT2D eigenvalue weighted by Crippen LogP contribution is -2.33. The number of anilines is 1. The maximum Gasteiger partial charge on any atom is 0.295 e. The Labute approximate surface area is 168 Å². The molecule has 0 spiro atoms. The summed E-state index contributed by atoms with van der Waals surface area (Å²) in [5.41, 5.74) is 2.68. The highest BCUT2D eigenvalue weighted by Crippen LogP contribution is 2.33. The molecule has 1 saturated heterocycles. The molecule has 0 saturated carbocycles. The number of benzene rings is 2. The van der Waals surface area contributed by atoms with E-state index in [4.69, 9.17) is 11.6 Å². The van der Waals surface area contributed by atoms with Gasteiger partial charge in [-0.1, -0.05) is 29.8 Å². The van der Waals surface area contributed by atoms with E-state index in [0.29, 0.717) is 9.93 Å². The maximum absolute atomic E-state index is 12.5. The van der Waals surface area contributed by atoms with Crippen LogP contribution in [0.25, 0.3) is 6.08 Å². The van der Waals surface area contributed by atoms with Gasteiger partial charge in [0.2, 0.25) is 0 Å². The summed E-state index contributed by atoms with van der Waals surface area (Å²) < 4.78 is 1.13. The summed E-state index contributed by atoms with van der Waals surface area (Å²) in [5.74, 6) is -0.314. The van der Waals surface area contributed by atoms with E-state index >= 15 is 0 Å². The highest BCUT2D eigenvalue weighted by Gasteiger charge is 2.34. The number of rotatable bonds is 4. The average molecular weight is 485 g/mol. The minimum absolute atomic E-state index is 0.131. The van der Waals surface area contributed by atoms with E-state index in [0.717, 1.165) is 32.1 Å². The van der Waals surface area contributed by atoms with Crippen molar-refractivity contribution in [3.8, 4) is 0 Å². The second-order valence-corrected chi connectivity index (χ2v) is 8.07. The largest absolute Gasteiger partial charge is 0.367 e. The smallest absolute Gasteiger partial charge is 0.295 e. The number of aryl methyl sites for hydroxylation is 1. The van der Waals surface area contributed by atoms with Gasteiger partial charge in [-0.15, -0.1) is 0 Å². The molecule has 1 fully saturated rings. The van der Waals surface area contributed by atoms with Gasteiger partial charge in [0, 0.05) is 14.3 Å². The predicted molar refractivity (Wildman–Crippen MR) is 112 cm³/mol. The number of carbonyl (C=O) groups excluding carboxylic acids is 2. The number of hydrogen-bond acceptors (Lipinski definition) is 4. The fraction of sp³-hybridized carbons (Fsp3) is 0.111. The Kier molecular flexibility index (Phi) is 5.71. The van der Waals surface area contributed by atoms with Crippen LogP contribution in [0.1, 0.15) is 11.1 Å². The van der Waals surface area contributed by atoms with Gasteiger partial charge < -0.3 is 5.32 Å². The summed E-state index contributed by atoms with van der Waals surface area (Å²) in [6, 6.07) is 13.2. The zero-order valence-electron chi connectivity index (χ0n) is 13.3. The molecule has 2 amide bonds. The van der Waals surface area contributed by atoms with Crippen molar-refractivity contribution in [2.45, 2.75) is 6.92 Å². The van der Waals surface area contributed by atoms with Crippen molar-refractivity contribution >= 4 is 68.9 Å². The van der Waals surface area contributed by atoms with Crippen LogP contribution >= 0.6 is 46.0 Å². The fourth-order valence-electron chi connectivity index (χ4n) is 2.36. The highest BCUT2D eigenvalue weighted by atomic mass is 127. The van der Waals surface area contributed by atoms with E-state index < -0.39 is 0 Å². The monoisotopic (exact) mass is 484 g/mol. The molecule has 0 aliphatic carbocycles. The lowest BCUT2D eigenvalue weighted by molar-refractivity contribution is -0.122. The first-order valence-corrected chi connectivity index (χ1v) is 9.73. The van der Waals surface area contributed by atoms with E-state index in [1.165, 1.54) is 4.90 Å². The van der Waals surface area contributed by atoms with Crippen LogP contribution < -0.4 is 5.32 Å². The van der Waals surface area contributed by atoms with Gasteiger partial charge in [0.1, 0.15) is 0 Å². The lowest BCUT2D eigenvalue weighted by Gasteiger charge is -2.16. The average Bonchev–Trinajstić information content (AvgIpc) is 2.83. The van der Waals surface area contributed by atoms with Crippen LogP contribution in [-0.4, -0.2) is 22.7 Å². The van der Waals surface area contributed by atoms with Gasteiger partial charge in [-0.25, -0.2) is 0 Å². The number of thioether (sulfide) groups is 1. The molecule has 4 nitrogen and oxygen atoms in total. The first kappa shape index (κ1) is 18.3. The SMILES string of the molecule is Cc1cc(I)ccc1NCN1C(=O)S/C(=C/c2ccccc2Cl)C1=O. The Hall–Kier alpha value is -1.51. The molecule has 1 aliphatic rings. The molecule has 128 valence electrons. The van der Waals surface area contributed by atoms with Gasteiger partial charge >= 0.3 is 0 Å².